The molecular formula is C22H22O6S2. The van der Waals surface area contributed by atoms with Gasteiger partial charge in [-0.05, 0) is 41.5 Å². The predicted octanol–water partition coefficient (Wildman–Crippen LogP) is 4.34. The van der Waals surface area contributed by atoms with E-state index in [2.05, 4.69) is 4.74 Å². The molecule has 0 aromatic heterocycles. The number of carbonyl (C=O) groups excluding carboxylic acids is 2. The van der Waals surface area contributed by atoms with Crippen LogP contribution in [0.2, 0.25) is 0 Å². The van der Waals surface area contributed by atoms with E-state index >= 15 is 0 Å². The Morgan fingerprint density at radius 2 is 1.77 bits per heavy atom. The molecule has 2 aromatic carbocycles. The number of ether oxygens (including phenoxy) is 4. The van der Waals surface area contributed by atoms with Crippen LogP contribution in [0.15, 0.2) is 48.5 Å². The molecule has 0 aliphatic carbocycles. The van der Waals surface area contributed by atoms with Crippen molar-refractivity contribution in [2.24, 2.45) is 0 Å². The Kier molecular flexibility index (Phi) is 8.10. The van der Waals surface area contributed by atoms with E-state index in [1.54, 1.807) is 24.3 Å². The van der Waals surface area contributed by atoms with Gasteiger partial charge in [-0.15, -0.1) is 23.5 Å². The lowest BCUT2D eigenvalue weighted by Gasteiger charge is -2.12. The van der Waals surface area contributed by atoms with Gasteiger partial charge >= 0.3 is 11.9 Å². The molecule has 0 saturated carbocycles. The minimum Gasteiger partial charge on any atom is -0.493 e. The van der Waals surface area contributed by atoms with Crippen molar-refractivity contribution in [1.29, 1.82) is 0 Å². The maximum atomic E-state index is 12.2. The lowest BCUT2D eigenvalue weighted by molar-refractivity contribution is -0.137. The molecule has 1 heterocycles. The van der Waals surface area contributed by atoms with E-state index in [4.69, 9.17) is 14.2 Å². The second-order valence-electron chi connectivity index (χ2n) is 6.17. The fourth-order valence-corrected chi connectivity index (χ4v) is 5.53. The summed E-state index contributed by atoms with van der Waals surface area (Å²) in [5.41, 5.74) is 1.95. The fourth-order valence-electron chi connectivity index (χ4n) is 2.67. The van der Waals surface area contributed by atoms with Gasteiger partial charge in [0.15, 0.2) is 18.1 Å². The smallest absolute Gasteiger partial charge is 0.349 e. The van der Waals surface area contributed by atoms with Crippen LogP contribution >= 0.6 is 23.5 Å². The van der Waals surface area contributed by atoms with E-state index in [1.165, 1.54) is 37.4 Å². The number of benzene rings is 2. The van der Waals surface area contributed by atoms with E-state index in [0.29, 0.717) is 21.6 Å². The predicted molar refractivity (Wildman–Crippen MR) is 119 cm³/mol. The highest BCUT2D eigenvalue weighted by Crippen LogP contribution is 2.45. The van der Waals surface area contributed by atoms with Crippen molar-refractivity contribution in [2.45, 2.75) is 4.58 Å². The van der Waals surface area contributed by atoms with Gasteiger partial charge < -0.3 is 18.9 Å². The minimum absolute atomic E-state index is 0.223. The number of rotatable bonds is 8. The average Bonchev–Trinajstić information content (AvgIpc) is 3.32. The molecule has 1 aliphatic rings. The number of esters is 2. The van der Waals surface area contributed by atoms with Crippen LogP contribution in [0, 0.1) is 0 Å². The molecule has 1 aliphatic heterocycles. The summed E-state index contributed by atoms with van der Waals surface area (Å²) >= 11 is 3.88. The van der Waals surface area contributed by atoms with Crippen molar-refractivity contribution in [3.8, 4) is 17.2 Å². The summed E-state index contributed by atoms with van der Waals surface area (Å²) in [5, 5.41) is 0. The molecule has 1 saturated heterocycles. The molecule has 0 unspecified atom stereocenters. The van der Waals surface area contributed by atoms with Gasteiger partial charge in [-0.25, -0.2) is 9.59 Å². The van der Waals surface area contributed by atoms with Crippen molar-refractivity contribution in [2.75, 3.05) is 32.3 Å². The third-order valence-corrected chi connectivity index (χ3v) is 7.26. The molecule has 0 bridgehead atoms. The largest absolute Gasteiger partial charge is 0.493 e. The van der Waals surface area contributed by atoms with Crippen LogP contribution in [0.1, 0.15) is 15.7 Å². The van der Waals surface area contributed by atoms with E-state index in [9.17, 15) is 9.59 Å². The van der Waals surface area contributed by atoms with Crippen molar-refractivity contribution in [3.05, 3.63) is 59.7 Å². The molecule has 0 atom stereocenters. The number of hydrogen-bond donors (Lipinski definition) is 0. The summed E-state index contributed by atoms with van der Waals surface area (Å²) < 4.78 is 21.2. The first-order valence-corrected chi connectivity index (χ1v) is 11.3. The Labute approximate surface area is 183 Å². The number of carbonyl (C=O) groups is 2. The highest BCUT2D eigenvalue weighted by Gasteiger charge is 2.18. The molecular weight excluding hydrogens is 424 g/mol. The summed E-state index contributed by atoms with van der Waals surface area (Å²) in [4.78, 5) is 23.4. The Morgan fingerprint density at radius 3 is 2.43 bits per heavy atom. The quantitative estimate of drug-likeness (QED) is 0.337. The first-order valence-electron chi connectivity index (χ1n) is 9.20. The number of hydrogen-bond acceptors (Lipinski definition) is 8. The molecule has 0 amide bonds. The Bertz CT molecular complexity index is 904. The Hall–Kier alpha value is -2.58. The maximum absolute atomic E-state index is 12.2. The molecule has 3 rings (SSSR count). The third-order valence-electron chi connectivity index (χ3n) is 4.16. The van der Waals surface area contributed by atoms with E-state index in [1.807, 2.05) is 47.8 Å². The molecule has 1 fully saturated rings. The molecule has 8 heteroatoms. The number of thioether (sulfide) groups is 2. The zero-order chi connectivity index (χ0) is 21.3. The van der Waals surface area contributed by atoms with Gasteiger partial charge in [0.1, 0.15) is 5.75 Å². The van der Waals surface area contributed by atoms with Crippen LogP contribution < -0.4 is 14.2 Å². The summed E-state index contributed by atoms with van der Waals surface area (Å²) in [7, 11) is 2.78. The average molecular weight is 447 g/mol. The van der Waals surface area contributed by atoms with Gasteiger partial charge in [0, 0.05) is 17.6 Å². The van der Waals surface area contributed by atoms with Crippen molar-refractivity contribution >= 4 is 41.5 Å². The summed E-state index contributed by atoms with van der Waals surface area (Å²) in [6.07, 6.45) is 2.87. The van der Waals surface area contributed by atoms with Gasteiger partial charge in [-0.3, -0.25) is 0 Å². The second-order valence-corrected chi connectivity index (χ2v) is 8.90. The molecule has 30 heavy (non-hydrogen) atoms. The van der Waals surface area contributed by atoms with Crippen molar-refractivity contribution in [1.82, 2.24) is 0 Å². The van der Waals surface area contributed by atoms with Crippen LogP contribution in [-0.2, 0) is 14.3 Å². The molecule has 0 N–H and O–H groups in total. The van der Waals surface area contributed by atoms with E-state index in [0.717, 1.165) is 0 Å². The highest BCUT2D eigenvalue weighted by molar-refractivity contribution is 8.19. The van der Waals surface area contributed by atoms with E-state index < -0.39 is 11.9 Å². The lowest BCUT2D eigenvalue weighted by Crippen LogP contribution is -2.18. The van der Waals surface area contributed by atoms with Crippen LogP contribution in [0.5, 0.6) is 17.2 Å². The summed E-state index contributed by atoms with van der Waals surface area (Å²) in [6.45, 7) is -0.223. The van der Waals surface area contributed by atoms with Crippen LogP contribution in [0.3, 0.4) is 0 Å². The first kappa shape index (κ1) is 22.1. The summed E-state index contributed by atoms with van der Waals surface area (Å²) in [5.74, 6) is 2.58. The highest BCUT2D eigenvalue weighted by atomic mass is 32.2. The Morgan fingerprint density at radius 1 is 1.03 bits per heavy atom. The molecule has 0 radical (unpaired) electrons. The fraction of sp³-hybridized carbons (Fsp3) is 0.273. The van der Waals surface area contributed by atoms with Gasteiger partial charge in [-0.2, -0.15) is 0 Å². The maximum Gasteiger partial charge on any atom is 0.349 e. The van der Waals surface area contributed by atoms with Gasteiger partial charge in [0.2, 0.25) is 0 Å². The van der Waals surface area contributed by atoms with Crippen LogP contribution in [0.4, 0.5) is 0 Å². The summed E-state index contributed by atoms with van der Waals surface area (Å²) in [6, 6.07) is 12.7. The zero-order valence-corrected chi connectivity index (χ0v) is 18.3. The topological polar surface area (TPSA) is 71.1 Å². The molecule has 158 valence electrons. The van der Waals surface area contributed by atoms with Crippen LogP contribution in [0.25, 0.3) is 6.08 Å². The second kappa shape index (κ2) is 11.0. The van der Waals surface area contributed by atoms with Gasteiger partial charge in [0.25, 0.3) is 0 Å². The standard InChI is InChI=1S/C22H22O6S2/c1-25-19-13-15(4-10-20(23)26-2)3-9-18(19)28-21(24)14-27-17-7-5-16(6-8-17)22-29-11-12-30-22/h3-10,13,22H,11-12,14H2,1-2H3/b10-4+. The third kappa shape index (κ3) is 6.21. The number of methoxy groups -OCH3 is 2. The monoisotopic (exact) mass is 446 g/mol. The molecule has 2 aromatic rings. The molecule has 6 nitrogen and oxygen atoms in total. The normalized spacial score (nSPS) is 13.9. The SMILES string of the molecule is COC(=O)/C=C/c1ccc(OC(=O)COc2ccc(C3SCCS3)cc2)c(OC)c1. The van der Waals surface area contributed by atoms with E-state index in [-0.39, 0.29) is 12.4 Å². The van der Waals surface area contributed by atoms with Gasteiger partial charge in [-0.1, -0.05) is 18.2 Å². The minimum atomic E-state index is -0.544. The zero-order valence-electron chi connectivity index (χ0n) is 16.7. The van der Waals surface area contributed by atoms with Gasteiger partial charge in [0.05, 0.1) is 18.8 Å². The lowest BCUT2D eigenvalue weighted by atomic mass is 10.2. The van der Waals surface area contributed by atoms with Crippen molar-refractivity contribution < 1.29 is 28.5 Å². The first-order chi connectivity index (χ1) is 14.6. The van der Waals surface area contributed by atoms with Crippen molar-refractivity contribution in [3.63, 3.8) is 0 Å². The van der Waals surface area contributed by atoms with Crippen LogP contribution in [-0.4, -0.2) is 44.3 Å². The Balaban J connectivity index is 1.55. The molecule has 0 spiro atoms.